The molecule has 7 heteroatoms. The Morgan fingerprint density at radius 2 is 2.00 bits per heavy atom. The van der Waals surface area contributed by atoms with Crippen LogP contribution in [-0.2, 0) is 18.3 Å². The van der Waals surface area contributed by atoms with Crippen molar-refractivity contribution in [3.05, 3.63) is 20.8 Å². The number of hydrogen-bond acceptors (Lipinski definition) is 5. The topological polar surface area (TPSA) is 91.3 Å². The van der Waals surface area contributed by atoms with E-state index in [1.54, 1.807) is 0 Å². The lowest BCUT2D eigenvalue weighted by Crippen LogP contribution is -2.41. The van der Waals surface area contributed by atoms with E-state index < -0.39 is 5.56 Å². The highest BCUT2D eigenvalue weighted by Gasteiger charge is 2.14. The summed E-state index contributed by atoms with van der Waals surface area (Å²) >= 11 is 0. The van der Waals surface area contributed by atoms with Crippen molar-refractivity contribution in [3.63, 3.8) is 0 Å². The van der Waals surface area contributed by atoms with Crippen molar-refractivity contribution in [2.45, 2.75) is 46.3 Å². The van der Waals surface area contributed by atoms with Crippen molar-refractivity contribution in [3.8, 4) is 0 Å². The van der Waals surface area contributed by atoms with Gasteiger partial charge in [0.1, 0.15) is 11.5 Å². The van der Waals surface area contributed by atoms with Crippen molar-refractivity contribution >= 4 is 11.5 Å². The zero-order valence-corrected chi connectivity index (χ0v) is 13.3. The van der Waals surface area contributed by atoms with Gasteiger partial charge in [-0.05, 0) is 20.3 Å². The molecule has 0 radical (unpaired) electrons. The molecule has 0 saturated carbocycles. The molecule has 0 spiro atoms. The standard InChI is InChI=1S/C14H26N4O3/c1-5-6-8-18-12(15)11(13(19)17(4)14(18)20)16-7-9-21-10(2)3/h10,16H,5-9,15H2,1-4H3. The quantitative estimate of drug-likeness (QED) is 0.692. The largest absolute Gasteiger partial charge is 0.383 e. The van der Waals surface area contributed by atoms with Crippen LogP contribution in [0.15, 0.2) is 9.59 Å². The van der Waals surface area contributed by atoms with Gasteiger partial charge in [0, 0.05) is 20.1 Å². The van der Waals surface area contributed by atoms with Crippen LogP contribution in [0.25, 0.3) is 0 Å². The smallest absolute Gasteiger partial charge is 0.332 e. The first-order valence-electron chi connectivity index (χ1n) is 7.34. The number of nitrogens with one attached hydrogen (secondary N) is 1. The average molecular weight is 298 g/mol. The van der Waals surface area contributed by atoms with E-state index in [1.807, 2.05) is 20.8 Å². The van der Waals surface area contributed by atoms with Gasteiger partial charge in [0.15, 0.2) is 0 Å². The third kappa shape index (κ3) is 4.35. The Bertz CT molecular complexity index is 575. The van der Waals surface area contributed by atoms with Crippen molar-refractivity contribution in [1.29, 1.82) is 0 Å². The molecule has 0 unspecified atom stereocenters. The number of rotatable bonds is 8. The number of nitrogens with two attached hydrogens (primary N) is 1. The number of nitrogen functional groups attached to an aromatic ring is 1. The molecule has 1 heterocycles. The van der Waals surface area contributed by atoms with E-state index >= 15 is 0 Å². The van der Waals surface area contributed by atoms with Gasteiger partial charge in [-0.2, -0.15) is 0 Å². The molecule has 1 rings (SSSR count). The number of nitrogens with zero attached hydrogens (tertiary/aromatic N) is 2. The van der Waals surface area contributed by atoms with Crippen molar-refractivity contribution in [2.24, 2.45) is 7.05 Å². The molecule has 0 aliphatic rings. The van der Waals surface area contributed by atoms with Crippen LogP contribution in [0.2, 0.25) is 0 Å². The maximum Gasteiger partial charge on any atom is 0.332 e. The molecule has 0 aromatic carbocycles. The molecule has 0 atom stereocenters. The Morgan fingerprint density at radius 3 is 2.57 bits per heavy atom. The Balaban J connectivity index is 3.00. The van der Waals surface area contributed by atoms with Gasteiger partial charge < -0.3 is 15.8 Å². The fraction of sp³-hybridized carbons (Fsp3) is 0.714. The van der Waals surface area contributed by atoms with E-state index in [4.69, 9.17) is 10.5 Å². The molecule has 7 nitrogen and oxygen atoms in total. The molecule has 120 valence electrons. The monoisotopic (exact) mass is 298 g/mol. The van der Waals surface area contributed by atoms with Crippen LogP contribution in [0.3, 0.4) is 0 Å². The van der Waals surface area contributed by atoms with Crippen molar-refractivity contribution < 1.29 is 4.74 Å². The highest BCUT2D eigenvalue weighted by molar-refractivity contribution is 5.60. The third-order valence-electron chi connectivity index (χ3n) is 3.17. The summed E-state index contributed by atoms with van der Waals surface area (Å²) in [6.45, 7) is 7.35. The van der Waals surface area contributed by atoms with E-state index in [2.05, 4.69) is 5.32 Å². The predicted molar refractivity (Wildman–Crippen MR) is 84.8 cm³/mol. The fourth-order valence-electron chi connectivity index (χ4n) is 1.95. The second kappa shape index (κ2) is 7.87. The molecule has 0 amide bonds. The molecule has 1 aromatic heterocycles. The fourth-order valence-corrected chi connectivity index (χ4v) is 1.95. The van der Waals surface area contributed by atoms with Crippen LogP contribution < -0.4 is 22.3 Å². The van der Waals surface area contributed by atoms with E-state index in [1.165, 1.54) is 11.6 Å². The zero-order valence-electron chi connectivity index (χ0n) is 13.3. The lowest BCUT2D eigenvalue weighted by Gasteiger charge is -2.16. The minimum Gasteiger partial charge on any atom is -0.383 e. The molecular weight excluding hydrogens is 272 g/mol. The predicted octanol–water partition coefficient (Wildman–Crippen LogP) is 0.766. The van der Waals surface area contributed by atoms with Crippen LogP contribution in [0.1, 0.15) is 33.6 Å². The van der Waals surface area contributed by atoms with Crippen LogP contribution in [-0.4, -0.2) is 28.4 Å². The van der Waals surface area contributed by atoms with E-state index in [9.17, 15) is 9.59 Å². The molecule has 0 bridgehead atoms. The lowest BCUT2D eigenvalue weighted by molar-refractivity contribution is 0.0870. The molecule has 1 aromatic rings. The minimum absolute atomic E-state index is 0.130. The SMILES string of the molecule is CCCCn1c(N)c(NCCOC(C)C)c(=O)n(C)c1=O. The van der Waals surface area contributed by atoms with Gasteiger partial charge in [0.05, 0.1) is 12.7 Å². The summed E-state index contributed by atoms with van der Waals surface area (Å²) in [4.78, 5) is 24.2. The zero-order chi connectivity index (χ0) is 16.0. The molecule has 0 aliphatic heterocycles. The Hall–Kier alpha value is -1.76. The lowest BCUT2D eigenvalue weighted by atomic mass is 10.3. The molecule has 3 N–H and O–H groups in total. The van der Waals surface area contributed by atoms with Crippen LogP contribution in [0.4, 0.5) is 11.5 Å². The molecule has 21 heavy (non-hydrogen) atoms. The Labute approximate surface area is 124 Å². The van der Waals surface area contributed by atoms with Gasteiger partial charge in [-0.15, -0.1) is 0 Å². The van der Waals surface area contributed by atoms with E-state index in [-0.39, 0.29) is 23.3 Å². The first kappa shape index (κ1) is 17.3. The summed E-state index contributed by atoms with van der Waals surface area (Å²) in [6.07, 6.45) is 1.91. The second-order valence-corrected chi connectivity index (χ2v) is 5.26. The van der Waals surface area contributed by atoms with Crippen LogP contribution in [0.5, 0.6) is 0 Å². The summed E-state index contributed by atoms with van der Waals surface area (Å²) in [5.41, 5.74) is 5.46. The molecule has 0 fully saturated rings. The number of aromatic nitrogens is 2. The van der Waals surface area contributed by atoms with Gasteiger partial charge in [0.25, 0.3) is 5.56 Å². The van der Waals surface area contributed by atoms with Gasteiger partial charge >= 0.3 is 5.69 Å². The Morgan fingerprint density at radius 1 is 1.33 bits per heavy atom. The van der Waals surface area contributed by atoms with Gasteiger partial charge in [-0.3, -0.25) is 13.9 Å². The van der Waals surface area contributed by atoms with Gasteiger partial charge in [-0.1, -0.05) is 13.3 Å². The highest BCUT2D eigenvalue weighted by atomic mass is 16.5. The number of hydrogen-bond donors (Lipinski definition) is 2. The summed E-state index contributed by atoms with van der Waals surface area (Å²) in [7, 11) is 1.46. The number of ether oxygens (including phenoxy) is 1. The normalized spacial score (nSPS) is 11.1. The molecule has 0 saturated heterocycles. The van der Waals surface area contributed by atoms with E-state index in [0.29, 0.717) is 19.7 Å². The summed E-state index contributed by atoms with van der Waals surface area (Å²) < 4.78 is 7.93. The molecular formula is C14H26N4O3. The summed E-state index contributed by atoms with van der Waals surface area (Å²) in [6, 6.07) is 0. The van der Waals surface area contributed by atoms with E-state index in [0.717, 1.165) is 17.4 Å². The third-order valence-corrected chi connectivity index (χ3v) is 3.17. The number of unbranched alkanes of at least 4 members (excludes halogenated alkanes) is 1. The average Bonchev–Trinajstić information content (AvgIpc) is 2.44. The van der Waals surface area contributed by atoms with Gasteiger partial charge in [-0.25, -0.2) is 4.79 Å². The van der Waals surface area contributed by atoms with Crippen LogP contribution >= 0.6 is 0 Å². The molecule has 0 aliphatic carbocycles. The second-order valence-electron chi connectivity index (χ2n) is 5.26. The van der Waals surface area contributed by atoms with Gasteiger partial charge in [0.2, 0.25) is 0 Å². The number of anilines is 2. The minimum atomic E-state index is -0.408. The maximum atomic E-state index is 12.1. The summed E-state index contributed by atoms with van der Waals surface area (Å²) in [5.74, 6) is 0.195. The van der Waals surface area contributed by atoms with Crippen molar-refractivity contribution in [1.82, 2.24) is 9.13 Å². The van der Waals surface area contributed by atoms with Crippen molar-refractivity contribution in [2.75, 3.05) is 24.2 Å². The Kier molecular flexibility index (Phi) is 6.48. The van der Waals surface area contributed by atoms with Crippen LogP contribution in [0, 0.1) is 0 Å². The summed E-state index contributed by atoms with van der Waals surface area (Å²) in [5, 5.41) is 2.98. The first-order valence-corrected chi connectivity index (χ1v) is 7.34. The first-order chi connectivity index (χ1) is 9.90. The maximum absolute atomic E-state index is 12.1. The highest BCUT2D eigenvalue weighted by Crippen LogP contribution is 2.11.